The number of hydrogen-bond donors (Lipinski definition) is 2. The number of rotatable bonds is 4. The van der Waals surface area contributed by atoms with Crippen LogP contribution in [0.3, 0.4) is 0 Å². The number of nitrogens with one attached hydrogen (secondary N) is 1. The number of ether oxygens (including phenoxy) is 1. The molecule has 0 spiro atoms. The lowest BCUT2D eigenvalue weighted by molar-refractivity contribution is -0.142. The third kappa shape index (κ3) is 2.96. The number of carbonyl (C=O) groups is 2. The molecule has 22 heavy (non-hydrogen) atoms. The van der Waals surface area contributed by atoms with E-state index in [0.29, 0.717) is 18.8 Å². The summed E-state index contributed by atoms with van der Waals surface area (Å²) in [5, 5.41) is 12.7. The molecule has 2 aromatic rings. The van der Waals surface area contributed by atoms with Crippen molar-refractivity contribution in [2.45, 2.75) is 18.9 Å². The molecule has 2 heterocycles. The van der Waals surface area contributed by atoms with E-state index < -0.39 is 17.9 Å². The van der Waals surface area contributed by atoms with Gasteiger partial charge in [0.2, 0.25) is 0 Å². The molecule has 3 rings (SSSR count). The molecule has 0 bridgehead atoms. The molecule has 2 unspecified atom stereocenters. The minimum Gasteiger partial charge on any atom is -0.480 e. The predicted octanol–water partition coefficient (Wildman–Crippen LogP) is 2.04. The summed E-state index contributed by atoms with van der Waals surface area (Å²) < 4.78 is 10.8. The number of hydrogen-bond acceptors (Lipinski definition) is 4. The van der Waals surface area contributed by atoms with Crippen LogP contribution in [-0.4, -0.2) is 36.2 Å². The van der Waals surface area contributed by atoms with Gasteiger partial charge in [-0.25, -0.2) is 4.79 Å². The highest BCUT2D eigenvalue weighted by molar-refractivity contribution is 5.97. The van der Waals surface area contributed by atoms with Crippen molar-refractivity contribution in [3.05, 3.63) is 36.1 Å². The van der Waals surface area contributed by atoms with Gasteiger partial charge in [0, 0.05) is 17.9 Å². The number of carbonyl (C=O) groups excluding carboxylic acids is 1. The first-order chi connectivity index (χ1) is 10.6. The zero-order valence-electron chi connectivity index (χ0n) is 12.0. The van der Waals surface area contributed by atoms with E-state index in [1.165, 1.54) is 0 Å². The van der Waals surface area contributed by atoms with E-state index in [4.69, 9.17) is 9.15 Å². The van der Waals surface area contributed by atoms with Gasteiger partial charge in [-0.3, -0.25) is 4.79 Å². The lowest BCUT2D eigenvalue weighted by Crippen LogP contribution is -2.48. The van der Waals surface area contributed by atoms with Crippen LogP contribution < -0.4 is 5.32 Å². The van der Waals surface area contributed by atoms with Crippen LogP contribution in [0.4, 0.5) is 0 Å². The van der Waals surface area contributed by atoms with E-state index in [2.05, 4.69) is 5.32 Å². The molecule has 1 aromatic heterocycles. The van der Waals surface area contributed by atoms with Crippen LogP contribution in [0.5, 0.6) is 0 Å². The third-order valence-electron chi connectivity index (χ3n) is 3.87. The van der Waals surface area contributed by atoms with Gasteiger partial charge in [-0.05, 0) is 25.0 Å². The predicted molar refractivity (Wildman–Crippen MR) is 78.6 cm³/mol. The van der Waals surface area contributed by atoms with Crippen LogP contribution in [0.15, 0.2) is 34.7 Å². The molecule has 6 nitrogen and oxygen atoms in total. The van der Waals surface area contributed by atoms with Crippen LogP contribution in [0, 0.1) is 5.92 Å². The fourth-order valence-electron chi connectivity index (χ4n) is 2.72. The zero-order chi connectivity index (χ0) is 15.5. The molecule has 6 heteroatoms. The molecule has 1 aliphatic heterocycles. The number of amides is 1. The normalized spacial score (nSPS) is 19.7. The highest BCUT2D eigenvalue weighted by Crippen LogP contribution is 2.21. The second-order valence-electron chi connectivity index (χ2n) is 5.42. The monoisotopic (exact) mass is 303 g/mol. The molecule has 1 aromatic carbocycles. The smallest absolute Gasteiger partial charge is 0.326 e. The van der Waals surface area contributed by atoms with Gasteiger partial charge in [0.15, 0.2) is 5.76 Å². The number of furan rings is 1. The average molecular weight is 303 g/mol. The van der Waals surface area contributed by atoms with Crippen molar-refractivity contribution in [3.63, 3.8) is 0 Å². The van der Waals surface area contributed by atoms with Gasteiger partial charge in [-0.1, -0.05) is 18.2 Å². The summed E-state index contributed by atoms with van der Waals surface area (Å²) in [7, 11) is 0. The number of para-hydroxylation sites is 1. The number of carboxylic acids is 1. The summed E-state index contributed by atoms with van der Waals surface area (Å²) in [6.07, 6.45) is 1.52. The minimum atomic E-state index is -1.06. The van der Waals surface area contributed by atoms with Crippen LogP contribution in [0.2, 0.25) is 0 Å². The Labute approximate surface area is 127 Å². The second kappa shape index (κ2) is 6.19. The topological polar surface area (TPSA) is 88.8 Å². The third-order valence-corrected chi connectivity index (χ3v) is 3.87. The van der Waals surface area contributed by atoms with Gasteiger partial charge < -0.3 is 19.6 Å². The highest BCUT2D eigenvalue weighted by Gasteiger charge is 2.32. The van der Waals surface area contributed by atoms with Crippen LogP contribution in [0.1, 0.15) is 23.4 Å². The molecular weight excluding hydrogens is 286 g/mol. The standard InChI is InChI=1S/C16H17NO5/c18-15(13-8-10-4-1-2-6-12(10)22-13)17-14(16(19)20)11-5-3-7-21-9-11/h1-2,4,6,8,11,14H,3,5,7,9H2,(H,17,18)(H,19,20). The SMILES string of the molecule is O=C(NC(C(=O)O)C1CCCOC1)c1cc2ccccc2o1. The number of benzene rings is 1. The van der Waals surface area contributed by atoms with Gasteiger partial charge in [0.05, 0.1) is 6.61 Å². The summed E-state index contributed by atoms with van der Waals surface area (Å²) in [5.74, 6) is -1.68. The summed E-state index contributed by atoms with van der Waals surface area (Å²) >= 11 is 0. The Bertz CT molecular complexity index is 654. The maximum atomic E-state index is 12.3. The van der Waals surface area contributed by atoms with Gasteiger partial charge in [-0.15, -0.1) is 0 Å². The molecule has 0 aliphatic carbocycles. The molecule has 1 saturated heterocycles. The lowest BCUT2D eigenvalue weighted by atomic mass is 9.93. The summed E-state index contributed by atoms with van der Waals surface area (Å²) in [6.45, 7) is 0.984. The summed E-state index contributed by atoms with van der Waals surface area (Å²) in [6, 6.07) is 7.89. The van der Waals surface area contributed by atoms with E-state index in [1.807, 2.05) is 18.2 Å². The van der Waals surface area contributed by atoms with Gasteiger partial charge in [-0.2, -0.15) is 0 Å². The van der Waals surface area contributed by atoms with E-state index in [0.717, 1.165) is 18.2 Å². The Hall–Kier alpha value is -2.34. The molecule has 1 fully saturated rings. The Kier molecular flexibility index (Phi) is 4.11. The molecular formula is C16H17NO5. The maximum absolute atomic E-state index is 12.3. The molecule has 2 atom stereocenters. The van der Waals surface area contributed by atoms with Crippen molar-refractivity contribution in [2.75, 3.05) is 13.2 Å². The van der Waals surface area contributed by atoms with Crippen molar-refractivity contribution in [3.8, 4) is 0 Å². The van der Waals surface area contributed by atoms with Crippen molar-refractivity contribution in [1.82, 2.24) is 5.32 Å². The second-order valence-corrected chi connectivity index (χ2v) is 5.42. The average Bonchev–Trinajstić information content (AvgIpc) is 2.97. The first-order valence-electron chi connectivity index (χ1n) is 7.25. The fourth-order valence-corrected chi connectivity index (χ4v) is 2.72. The van der Waals surface area contributed by atoms with Crippen molar-refractivity contribution in [2.24, 2.45) is 5.92 Å². The van der Waals surface area contributed by atoms with Gasteiger partial charge in [0.25, 0.3) is 5.91 Å². The summed E-state index contributed by atoms with van der Waals surface area (Å²) in [5.41, 5.74) is 0.598. The fraction of sp³-hybridized carbons (Fsp3) is 0.375. The molecule has 0 saturated carbocycles. The van der Waals surface area contributed by atoms with E-state index >= 15 is 0 Å². The Balaban J connectivity index is 1.76. The van der Waals surface area contributed by atoms with E-state index in [-0.39, 0.29) is 11.7 Å². The summed E-state index contributed by atoms with van der Waals surface area (Å²) in [4.78, 5) is 23.7. The Morgan fingerprint density at radius 1 is 1.32 bits per heavy atom. The van der Waals surface area contributed by atoms with E-state index in [1.54, 1.807) is 12.1 Å². The largest absolute Gasteiger partial charge is 0.480 e. The maximum Gasteiger partial charge on any atom is 0.326 e. The number of aliphatic carboxylic acids is 1. The van der Waals surface area contributed by atoms with Gasteiger partial charge in [0.1, 0.15) is 11.6 Å². The highest BCUT2D eigenvalue weighted by atomic mass is 16.5. The lowest BCUT2D eigenvalue weighted by Gasteiger charge is -2.27. The molecule has 0 radical (unpaired) electrons. The van der Waals surface area contributed by atoms with E-state index in [9.17, 15) is 14.7 Å². The quantitative estimate of drug-likeness (QED) is 0.902. The van der Waals surface area contributed by atoms with Crippen molar-refractivity contribution >= 4 is 22.8 Å². The molecule has 116 valence electrons. The zero-order valence-corrected chi connectivity index (χ0v) is 12.0. The van der Waals surface area contributed by atoms with Crippen LogP contribution in [0.25, 0.3) is 11.0 Å². The molecule has 2 N–H and O–H groups in total. The van der Waals surface area contributed by atoms with Crippen molar-refractivity contribution < 1.29 is 23.8 Å². The van der Waals surface area contributed by atoms with Gasteiger partial charge >= 0.3 is 5.97 Å². The minimum absolute atomic E-state index is 0.115. The number of carboxylic acid groups (broad SMARTS) is 1. The molecule has 1 amide bonds. The van der Waals surface area contributed by atoms with Crippen LogP contribution >= 0.6 is 0 Å². The first-order valence-corrected chi connectivity index (χ1v) is 7.25. The first kappa shape index (κ1) is 14.6. The van der Waals surface area contributed by atoms with Crippen LogP contribution in [-0.2, 0) is 9.53 Å². The Morgan fingerprint density at radius 2 is 2.14 bits per heavy atom. The number of fused-ring (bicyclic) bond motifs is 1. The Morgan fingerprint density at radius 3 is 2.82 bits per heavy atom. The van der Waals surface area contributed by atoms with Crippen molar-refractivity contribution in [1.29, 1.82) is 0 Å². The molecule has 1 aliphatic rings.